The van der Waals surface area contributed by atoms with Crippen molar-refractivity contribution in [1.82, 2.24) is 20.3 Å². The van der Waals surface area contributed by atoms with Crippen LogP contribution >= 0.6 is 0 Å². The summed E-state index contributed by atoms with van der Waals surface area (Å²) in [6.07, 6.45) is 1.77. The van der Waals surface area contributed by atoms with E-state index in [1.54, 1.807) is 6.92 Å². The molecular formula is C22H30N4O8. The summed E-state index contributed by atoms with van der Waals surface area (Å²) in [5.41, 5.74) is 0. The molecule has 1 aromatic rings. The number of esters is 2. The number of nitrogens with zero attached hydrogens (tertiary/aromatic N) is 3. The van der Waals surface area contributed by atoms with Crippen LogP contribution in [0.25, 0.3) is 0 Å². The van der Waals surface area contributed by atoms with Crippen LogP contribution in [0.15, 0.2) is 0 Å². The quantitative estimate of drug-likeness (QED) is 0.593. The lowest BCUT2D eigenvalue weighted by Crippen LogP contribution is -2.51. The van der Waals surface area contributed by atoms with Crippen LogP contribution < -0.4 is 19.5 Å². The van der Waals surface area contributed by atoms with E-state index >= 15 is 0 Å². The summed E-state index contributed by atoms with van der Waals surface area (Å²) in [5, 5.41) is 2.89. The van der Waals surface area contributed by atoms with Crippen LogP contribution in [-0.2, 0) is 19.1 Å². The molecule has 186 valence electrons. The van der Waals surface area contributed by atoms with Gasteiger partial charge in [0.1, 0.15) is 6.10 Å². The van der Waals surface area contributed by atoms with Crippen molar-refractivity contribution in [2.45, 2.75) is 51.7 Å². The Kier molecular flexibility index (Phi) is 7.03. The van der Waals surface area contributed by atoms with E-state index in [4.69, 9.17) is 23.7 Å². The summed E-state index contributed by atoms with van der Waals surface area (Å²) in [5.74, 6) is -2.10. The highest BCUT2D eigenvalue weighted by atomic mass is 16.6. The van der Waals surface area contributed by atoms with Gasteiger partial charge >= 0.3 is 36.1 Å². The molecule has 4 rings (SSSR count). The monoisotopic (exact) mass is 478 g/mol. The predicted molar refractivity (Wildman–Crippen MR) is 114 cm³/mol. The zero-order valence-electron chi connectivity index (χ0n) is 19.7. The molecule has 0 radical (unpaired) electrons. The topological polar surface area (TPSA) is 148 Å². The van der Waals surface area contributed by atoms with Gasteiger partial charge in [0.15, 0.2) is 0 Å². The molecule has 0 aromatic carbocycles. The number of alkyl carbamates (subject to hydrolysis) is 1. The molecule has 12 heteroatoms. The van der Waals surface area contributed by atoms with Gasteiger partial charge in [-0.25, -0.2) is 4.79 Å². The van der Waals surface area contributed by atoms with Gasteiger partial charge in [-0.2, -0.15) is 0 Å². The number of hydrogen-bond donors (Lipinski definition) is 1. The van der Waals surface area contributed by atoms with Gasteiger partial charge in [0, 0.05) is 12.0 Å². The first kappa shape index (κ1) is 24.0. The number of ether oxygens (including phenoxy) is 5. The van der Waals surface area contributed by atoms with Gasteiger partial charge in [0.05, 0.1) is 32.7 Å². The second-order valence-electron chi connectivity index (χ2n) is 8.90. The Morgan fingerprint density at radius 1 is 1.06 bits per heavy atom. The summed E-state index contributed by atoms with van der Waals surface area (Å²) in [7, 11) is 2.76. The number of aromatic nitrogens is 3. The maximum Gasteiger partial charge on any atom is 0.407 e. The number of rotatable bonds is 6. The molecule has 3 aliphatic rings. The van der Waals surface area contributed by atoms with Gasteiger partial charge in [0.25, 0.3) is 0 Å². The predicted octanol–water partition coefficient (Wildman–Crippen LogP) is 1.52. The van der Waals surface area contributed by atoms with Gasteiger partial charge in [-0.15, -0.1) is 15.0 Å². The Morgan fingerprint density at radius 3 is 2.38 bits per heavy atom. The smallest absolute Gasteiger partial charge is 0.407 e. The Balaban J connectivity index is 1.56. The summed E-state index contributed by atoms with van der Waals surface area (Å²) in [6, 6.07) is -0.414. The second kappa shape index (κ2) is 9.98. The zero-order chi connectivity index (χ0) is 24.4. The van der Waals surface area contributed by atoms with Gasteiger partial charge < -0.3 is 29.0 Å². The first-order valence-electron chi connectivity index (χ1n) is 11.5. The fourth-order valence-electron chi connectivity index (χ4n) is 5.78. The highest BCUT2D eigenvalue weighted by Crippen LogP contribution is 2.53. The van der Waals surface area contributed by atoms with Crippen LogP contribution in [0.2, 0.25) is 0 Å². The van der Waals surface area contributed by atoms with E-state index < -0.39 is 30.0 Å². The van der Waals surface area contributed by atoms with Crippen molar-refractivity contribution in [2.75, 3.05) is 20.8 Å². The Hall–Kier alpha value is -3.18. The Bertz CT molecular complexity index is 921. The lowest BCUT2D eigenvalue weighted by atomic mass is 9.57. The lowest BCUT2D eigenvalue weighted by molar-refractivity contribution is -0.150. The lowest BCUT2D eigenvalue weighted by Gasteiger charge is -2.47. The molecule has 2 heterocycles. The molecule has 1 aromatic heterocycles. The molecule has 2 saturated carbocycles. The van der Waals surface area contributed by atoms with E-state index in [1.807, 2.05) is 6.92 Å². The van der Waals surface area contributed by atoms with Crippen LogP contribution in [-0.4, -0.2) is 66.0 Å². The molecule has 1 N–H and O–H groups in total. The Morgan fingerprint density at radius 2 is 1.74 bits per heavy atom. The third kappa shape index (κ3) is 4.71. The molecule has 1 aliphatic heterocycles. The van der Waals surface area contributed by atoms with E-state index in [2.05, 4.69) is 20.3 Å². The van der Waals surface area contributed by atoms with Gasteiger partial charge in [0.2, 0.25) is 0 Å². The minimum Gasteiger partial charge on any atom is -0.467 e. The number of amides is 1. The molecule has 2 aliphatic carbocycles. The molecular weight excluding hydrogens is 448 g/mol. The minimum absolute atomic E-state index is 0.0310. The summed E-state index contributed by atoms with van der Waals surface area (Å²) in [6.45, 7) is 3.85. The maximum atomic E-state index is 13.5. The fraction of sp³-hybridized carbons (Fsp3) is 0.727. The molecule has 3 fully saturated rings. The van der Waals surface area contributed by atoms with Crippen molar-refractivity contribution in [3.8, 4) is 18.0 Å². The van der Waals surface area contributed by atoms with E-state index in [1.165, 1.54) is 14.2 Å². The van der Waals surface area contributed by atoms with Crippen molar-refractivity contribution >= 4 is 18.0 Å². The number of carbonyl (C=O) groups excluding carboxylic acids is 3. The molecule has 7 atom stereocenters. The van der Waals surface area contributed by atoms with Crippen molar-refractivity contribution in [1.29, 1.82) is 0 Å². The molecule has 0 bridgehead atoms. The molecule has 1 amide bonds. The highest BCUT2D eigenvalue weighted by Gasteiger charge is 2.58. The number of cyclic esters (lactones) is 1. The van der Waals surface area contributed by atoms with Gasteiger partial charge in [-0.3, -0.25) is 9.59 Å². The summed E-state index contributed by atoms with van der Waals surface area (Å²) in [4.78, 5) is 49.9. The zero-order valence-corrected chi connectivity index (χ0v) is 19.7. The third-order valence-electron chi connectivity index (χ3n) is 7.09. The molecule has 0 unspecified atom stereocenters. The van der Waals surface area contributed by atoms with Crippen LogP contribution in [0.4, 0.5) is 4.79 Å². The average Bonchev–Trinajstić information content (AvgIpc) is 3.09. The number of fused-ring (bicyclic) bond motifs is 2. The Labute approximate surface area is 197 Å². The maximum absolute atomic E-state index is 13.5. The van der Waals surface area contributed by atoms with Crippen molar-refractivity contribution < 1.29 is 38.1 Å². The first-order chi connectivity index (χ1) is 16.3. The van der Waals surface area contributed by atoms with Crippen LogP contribution in [0, 0.1) is 29.6 Å². The van der Waals surface area contributed by atoms with Crippen LogP contribution in [0.3, 0.4) is 0 Å². The van der Waals surface area contributed by atoms with Crippen molar-refractivity contribution in [2.24, 2.45) is 29.6 Å². The number of hydrogen-bond acceptors (Lipinski definition) is 11. The number of methoxy groups -OCH3 is 2. The molecule has 12 nitrogen and oxygen atoms in total. The first-order valence-corrected chi connectivity index (χ1v) is 11.5. The number of nitrogens with one attached hydrogen (secondary N) is 1. The second-order valence-corrected chi connectivity index (χ2v) is 8.90. The van der Waals surface area contributed by atoms with E-state index in [-0.39, 0.29) is 47.8 Å². The van der Waals surface area contributed by atoms with Crippen molar-refractivity contribution in [3.05, 3.63) is 0 Å². The van der Waals surface area contributed by atoms with E-state index in [9.17, 15) is 14.4 Å². The fourth-order valence-corrected chi connectivity index (χ4v) is 5.78. The van der Waals surface area contributed by atoms with E-state index in [0.717, 1.165) is 0 Å². The minimum atomic E-state index is -0.581. The molecule has 0 spiro atoms. The standard InChI is InChI=1S/C22H30N4O8/c1-5-32-22(29)23-12-6-7-13-11(8-12)9-14-15(10(2)33-17(14)27)16(13)18(28)34-21-25-19(30-3)24-20(26-21)31-4/h10-16H,5-9H2,1-4H3,(H,23,29)/t10-,11+,12-,13-,14-,15+,16+/m1/s1. The van der Waals surface area contributed by atoms with Crippen LogP contribution in [0.5, 0.6) is 18.0 Å². The SMILES string of the molecule is CCOC(=O)N[C@@H]1CC[C@@H]2[C@@H](C1)C[C@H]1C(=O)O[C@H](C)[C@@H]1[C@H]2C(=O)Oc1nc(OC)nc(OC)n1. The molecule has 1 saturated heterocycles. The molecule has 34 heavy (non-hydrogen) atoms. The summed E-state index contributed by atoms with van der Waals surface area (Å²) >= 11 is 0. The van der Waals surface area contributed by atoms with Crippen LogP contribution in [0.1, 0.15) is 39.5 Å². The van der Waals surface area contributed by atoms with Gasteiger partial charge in [-0.1, -0.05) is 0 Å². The van der Waals surface area contributed by atoms with Crippen molar-refractivity contribution in [3.63, 3.8) is 0 Å². The summed E-state index contributed by atoms with van der Waals surface area (Å²) < 4.78 is 26.2. The highest BCUT2D eigenvalue weighted by molar-refractivity contribution is 5.81. The normalized spacial score (nSPS) is 32.0. The van der Waals surface area contributed by atoms with Gasteiger partial charge in [-0.05, 0) is 51.4 Å². The largest absolute Gasteiger partial charge is 0.467 e. The third-order valence-corrected chi connectivity index (χ3v) is 7.09. The van der Waals surface area contributed by atoms with E-state index in [0.29, 0.717) is 32.3 Å². The number of carbonyl (C=O) groups is 3. The average molecular weight is 479 g/mol.